The molecule has 0 N–H and O–H groups in total. The van der Waals surface area contributed by atoms with Crippen LogP contribution in [0.15, 0.2) is 12.1 Å². The lowest BCUT2D eigenvalue weighted by molar-refractivity contribution is 0.174. The quantitative estimate of drug-likeness (QED) is 0.742. The third-order valence-electron chi connectivity index (χ3n) is 2.59. The highest BCUT2D eigenvalue weighted by Gasteiger charge is 2.07. The van der Waals surface area contributed by atoms with Gasteiger partial charge in [0.2, 0.25) is 0 Å². The van der Waals surface area contributed by atoms with Gasteiger partial charge in [0.1, 0.15) is 0 Å². The van der Waals surface area contributed by atoms with Crippen LogP contribution in [-0.4, -0.2) is 21.3 Å². The van der Waals surface area contributed by atoms with Gasteiger partial charge in [-0.2, -0.15) is 0 Å². The molecule has 0 radical (unpaired) electrons. The van der Waals surface area contributed by atoms with E-state index in [1.807, 2.05) is 0 Å². The molecule has 0 saturated heterocycles. The van der Waals surface area contributed by atoms with Gasteiger partial charge in [0.15, 0.2) is 0 Å². The van der Waals surface area contributed by atoms with Crippen LogP contribution in [0.3, 0.4) is 0 Å². The molecule has 1 rings (SSSR count). The SMILES string of the molecule is COCc1cc(COC)c(C)c(COC)c1. The van der Waals surface area contributed by atoms with E-state index in [0.29, 0.717) is 19.8 Å². The molecule has 0 spiro atoms. The van der Waals surface area contributed by atoms with Crippen molar-refractivity contribution in [1.29, 1.82) is 0 Å². The van der Waals surface area contributed by atoms with Crippen molar-refractivity contribution in [2.45, 2.75) is 26.7 Å². The number of hydrogen-bond acceptors (Lipinski definition) is 3. The van der Waals surface area contributed by atoms with Crippen LogP contribution >= 0.6 is 0 Å². The van der Waals surface area contributed by atoms with Gasteiger partial charge in [-0.05, 0) is 29.2 Å². The van der Waals surface area contributed by atoms with Crippen LogP contribution in [0.25, 0.3) is 0 Å². The van der Waals surface area contributed by atoms with E-state index in [2.05, 4.69) is 19.1 Å². The minimum absolute atomic E-state index is 0.619. The second kappa shape index (κ2) is 6.63. The van der Waals surface area contributed by atoms with Gasteiger partial charge >= 0.3 is 0 Å². The van der Waals surface area contributed by atoms with E-state index < -0.39 is 0 Å². The summed E-state index contributed by atoms with van der Waals surface area (Å²) < 4.78 is 15.5. The van der Waals surface area contributed by atoms with Crippen molar-refractivity contribution in [3.05, 3.63) is 34.4 Å². The van der Waals surface area contributed by atoms with E-state index in [1.165, 1.54) is 16.7 Å². The first kappa shape index (κ1) is 13.2. The monoisotopic (exact) mass is 224 g/mol. The Morgan fingerprint density at radius 1 is 0.812 bits per heavy atom. The molecule has 0 fully saturated rings. The highest BCUT2D eigenvalue weighted by Crippen LogP contribution is 2.19. The number of ether oxygens (including phenoxy) is 3. The van der Waals surface area contributed by atoms with Crippen molar-refractivity contribution in [2.75, 3.05) is 21.3 Å². The molecule has 0 atom stereocenters. The lowest BCUT2D eigenvalue weighted by Crippen LogP contribution is -2.02. The predicted molar refractivity (Wildman–Crippen MR) is 63.3 cm³/mol. The Morgan fingerprint density at radius 2 is 1.25 bits per heavy atom. The average Bonchev–Trinajstić information content (AvgIpc) is 2.26. The fourth-order valence-electron chi connectivity index (χ4n) is 1.77. The minimum atomic E-state index is 0.619. The highest BCUT2D eigenvalue weighted by atomic mass is 16.5. The van der Waals surface area contributed by atoms with Crippen molar-refractivity contribution in [3.8, 4) is 0 Å². The Morgan fingerprint density at radius 3 is 1.62 bits per heavy atom. The first-order chi connectivity index (χ1) is 7.72. The summed E-state index contributed by atoms with van der Waals surface area (Å²) in [6, 6.07) is 4.25. The van der Waals surface area contributed by atoms with Crippen LogP contribution in [-0.2, 0) is 34.0 Å². The van der Waals surface area contributed by atoms with Gasteiger partial charge in [0.05, 0.1) is 19.8 Å². The molecule has 0 saturated carbocycles. The molecule has 16 heavy (non-hydrogen) atoms. The molecule has 3 nitrogen and oxygen atoms in total. The van der Waals surface area contributed by atoms with Gasteiger partial charge in [0, 0.05) is 21.3 Å². The molecular formula is C13H20O3. The van der Waals surface area contributed by atoms with Gasteiger partial charge in [-0.1, -0.05) is 12.1 Å². The van der Waals surface area contributed by atoms with E-state index in [4.69, 9.17) is 14.2 Å². The zero-order valence-corrected chi connectivity index (χ0v) is 10.5. The number of rotatable bonds is 6. The van der Waals surface area contributed by atoms with Crippen LogP contribution in [0, 0.1) is 6.92 Å². The Bertz CT molecular complexity index is 307. The molecule has 3 heteroatoms. The summed E-state index contributed by atoms with van der Waals surface area (Å²) in [5.74, 6) is 0. The van der Waals surface area contributed by atoms with Crippen molar-refractivity contribution >= 4 is 0 Å². The molecule has 1 aromatic carbocycles. The highest BCUT2D eigenvalue weighted by molar-refractivity contribution is 5.37. The summed E-state index contributed by atoms with van der Waals surface area (Å²) in [4.78, 5) is 0. The van der Waals surface area contributed by atoms with Crippen LogP contribution in [0.2, 0.25) is 0 Å². The Balaban J connectivity index is 3.05. The average molecular weight is 224 g/mol. The summed E-state index contributed by atoms with van der Waals surface area (Å²) in [5.41, 5.74) is 4.80. The van der Waals surface area contributed by atoms with E-state index in [9.17, 15) is 0 Å². The second-order valence-corrected chi connectivity index (χ2v) is 3.84. The lowest BCUT2D eigenvalue weighted by Gasteiger charge is -2.13. The molecule has 0 bridgehead atoms. The number of benzene rings is 1. The fraction of sp³-hybridized carbons (Fsp3) is 0.538. The molecule has 0 unspecified atom stereocenters. The van der Waals surface area contributed by atoms with E-state index in [-0.39, 0.29) is 0 Å². The van der Waals surface area contributed by atoms with Crippen LogP contribution in [0.5, 0.6) is 0 Å². The van der Waals surface area contributed by atoms with E-state index >= 15 is 0 Å². The summed E-state index contributed by atoms with van der Waals surface area (Å²) in [6.45, 7) is 3.97. The van der Waals surface area contributed by atoms with Crippen LogP contribution in [0.1, 0.15) is 22.3 Å². The maximum atomic E-state index is 5.19. The largest absolute Gasteiger partial charge is 0.380 e. The van der Waals surface area contributed by atoms with Crippen molar-refractivity contribution in [3.63, 3.8) is 0 Å². The van der Waals surface area contributed by atoms with Crippen molar-refractivity contribution < 1.29 is 14.2 Å². The first-order valence-corrected chi connectivity index (χ1v) is 5.31. The molecular weight excluding hydrogens is 204 g/mol. The Kier molecular flexibility index (Phi) is 5.46. The molecule has 0 aliphatic rings. The maximum Gasteiger partial charge on any atom is 0.0715 e. The zero-order valence-electron chi connectivity index (χ0n) is 10.5. The van der Waals surface area contributed by atoms with Crippen molar-refractivity contribution in [1.82, 2.24) is 0 Å². The third-order valence-corrected chi connectivity index (χ3v) is 2.59. The third kappa shape index (κ3) is 3.30. The molecule has 0 heterocycles. The maximum absolute atomic E-state index is 5.19. The molecule has 1 aromatic rings. The fourth-order valence-corrected chi connectivity index (χ4v) is 1.77. The normalized spacial score (nSPS) is 10.8. The molecule has 0 aliphatic carbocycles. The smallest absolute Gasteiger partial charge is 0.0715 e. The second-order valence-electron chi connectivity index (χ2n) is 3.84. The molecule has 90 valence electrons. The van der Waals surface area contributed by atoms with Gasteiger partial charge in [-0.3, -0.25) is 0 Å². The topological polar surface area (TPSA) is 27.7 Å². The van der Waals surface area contributed by atoms with E-state index in [0.717, 1.165) is 5.56 Å². The minimum Gasteiger partial charge on any atom is -0.380 e. The molecule has 0 aromatic heterocycles. The van der Waals surface area contributed by atoms with Crippen LogP contribution in [0.4, 0.5) is 0 Å². The Labute approximate surface area is 97.3 Å². The summed E-state index contributed by atoms with van der Waals surface area (Å²) in [6.07, 6.45) is 0. The standard InChI is InChI=1S/C13H20O3/c1-10-12(8-15-3)5-11(7-14-2)6-13(10)9-16-4/h5-6H,7-9H2,1-4H3. The number of hydrogen-bond donors (Lipinski definition) is 0. The summed E-state index contributed by atoms with van der Waals surface area (Å²) in [5, 5.41) is 0. The first-order valence-electron chi connectivity index (χ1n) is 5.31. The predicted octanol–water partition coefficient (Wildman–Crippen LogP) is 2.43. The van der Waals surface area contributed by atoms with E-state index in [1.54, 1.807) is 21.3 Å². The van der Waals surface area contributed by atoms with Gasteiger partial charge in [-0.15, -0.1) is 0 Å². The Hall–Kier alpha value is -0.900. The molecule has 0 aliphatic heterocycles. The van der Waals surface area contributed by atoms with Crippen LogP contribution < -0.4 is 0 Å². The van der Waals surface area contributed by atoms with Crippen molar-refractivity contribution in [2.24, 2.45) is 0 Å². The van der Waals surface area contributed by atoms with Gasteiger partial charge in [0.25, 0.3) is 0 Å². The zero-order chi connectivity index (χ0) is 12.0. The van der Waals surface area contributed by atoms with Gasteiger partial charge in [-0.25, -0.2) is 0 Å². The van der Waals surface area contributed by atoms with Gasteiger partial charge < -0.3 is 14.2 Å². The summed E-state index contributed by atoms with van der Waals surface area (Å²) in [7, 11) is 5.11. The summed E-state index contributed by atoms with van der Waals surface area (Å²) >= 11 is 0. The lowest BCUT2D eigenvalue weighted by atomic mass is 9.99. The number of methoxy groups -OCH3 is 3. The molecule has 0 amide bonds.